The summed E-state index contributed by atoms with van der Waals surface area (Å²) >= 11 is 1.31. The van der Waals surface area contributed by atoms with Crippen LogP contribution in [0.2, 0.25) is 0 Å². The molecule has 0 spiro atoms. The van der Waals surface area contributed by atoms with Gasteiger partial charge in [-0.1, -0.05) is 24.3 Å². The average molecular weight is 425 g/mol. The highest BCUT2D eigenvalue weighted by Crippen LogP contribution is 2.37. The van der Waals surface area contributed by atoms with Crippen LogP contribution in [-0.2, 0) is 16.0 Å². The number of rotatable bonds is 8. The predicted octanol–water partition coefficient (Wildman–Crippen LogP) is 4.38. The molecule has 1 fully saturated rings. The second-order valence-electron chi connectivity index (χ2n) is 6.51. The lowest BCUT2D eigenvalue weighted by Crippen LogP contribution is -2.32. The van der Waals surface area contributed by atoms with E-state index in [1.54, 1.807) is 30.2 Å². The maximum atomic E-state index is 13.1. The van der Waals surface area contributed by atoms with E-state index in [-0.39, 0.29) is 11.7 Å². The van der Waals surface area contributed by atoms with E-state index >= 15 is 0 Å². The van der Waals surface area contributed by atoms with Crippen LogP contribution in [-0.4, -0.2) is 48.5 Å². The highest BCUT2D eigenvalue weighted by molar-refractivity contribution is 8.18. The van der Waals surface area contributed by atoms with Crippen molar-refractivity contribution in [2.45, 2.75) is 6.42 Å². The fraction of sp³-hybridized carbons (Fsp3) is 0.217. The molecule has 6 nitrogen and oxygen atoms in total. The Balaban J connectivity index is 1.98. The molecule has 1 aliphatic heterocycles. The average Bonchev–Trinajstić information content (AvgIpc) is 3.03. The molecule has 1 saturated heterocycles. The Morgan fingerprint density at radius 1 is 1.23 bits per heavy atom. The van der Waals surface area contributed by atoms with Gasteiger partial charge in [0.05, 0.1) is 30.9 Å². The number of methoxy groups -OCH3 is 2. The van der Waals surface area contributed by atoms with Crippen LogP contribution < -0.4 is 4.74 Å². The number of amides is 1. The van der Waals surface area contributed by atoms with Crippen LogP contribution in [0.3, 0.4) is 0 Å². The second kappa shape index (κ2) is 10.1. The van der Waals surface area contributed by atoms with Gasteiger partial charge in [0.15, 0.2) is 16.7 Å². The van der Waals surface area contributed by atoms with E-state index < -0.39 is 0 Å². The molecule has 0 saturated carbocycles. The van der Waals surface area contributed by atoms with Gasteiger partial charge in [-0.05, 0) is 54.1 Å². The highest BCUT2D eigenvalue weighted by Gasteiger charge is 2.33. The third-order valence-corrected chi connectivity index (χ3v) is 5.45. The number of aromatic hydroxyl groups is 1. The van der Waals surface area contributed by atoms with Crippen molar-refractivity contribution in [3.8, 4) is 11.5 Å². The molecule has 0 atom stereocenters. The number of para-hydroxylation sites is 1. The number of phenolic OH excluding ortho intramolecular Hbond substituents is 1. The van der Waals surface area contributed by atoms with Crippen molar-refractivity contribution in [1.82, 2.24) is 4.90 Å². The lowest BCUT2D eigenvalue weighted by atomic mass is 10.1. The zero-order chi connectivity index (χ0) is 21.5. The molecule has 2 aromatic rings. The summed E-state index contributed by atoms with van der Waals surface area (Å²) in [5.41, 5.74) is 2.21. The predicted molar refractivity (Wildman–Crippen MR) is 121 cm³/mol. The van der Waals surface area contributed by atoms with E-state index in [1.807, 2.05) is 36.4 Å². The first-order chi connectivity index (χ1) is 14.6. The third kappa shape index (κ3) is 4.93. The lowest BCUT2D eigenvalue weighted by Gasteiger charge is -2.14. The zero-order valence-corrected chi connectivity index (χ0v) is 17.8. The highest BCUT2D eigenvalue weighted by atomic mass is 32.2. The van der Waals surface area contributed by atoms with E-state index in [0.717, 1.165) is 11.3 Å². The van der Waals surface area contributed by atoms with Crippen LogP contribution in [0.4, 0.5) is 5.69 Å². The largest absolute Gasteiger partial charge is 0.504 e. The molecular weight excluding hydrogens is 400 g/mol. The van der Waals surface area contributed by atoms with Crippen LogP contribution in [0.15, 0.2) is 65.0 Å². The number of nitrogens with zero attached hydrogens (tertiary/aromatic N) is 2. The molecule has 156 valence electrons. The Labute approximate surface area is 180 Å². The summed E-state index contributed by atoms with van der Waals surface area (Å²) in [5, 5.41) is 10.9. The number of allylic oxidation sites excluding steroid dienone is 1. The molecule has 0 aromatic heterocycles. The summed E-state index contributed by atoms with van der Waals surface area (Å²) in [6.07, 6.45) is 3.98. The molecule has 0 aliphatic carbocycles. The van der Waals surface area contributed by atoms with Crippen LogP contribution in [0.1, 0.15) is 11.1 Å². The van der Waals surface area contributed by atoms with Crippen molar-refractivity contribution in [3.63, 3.8) is 0 Å². The van der Waals surface area contributed by atoms with Crippen LogP contribution >= 0.6 is 11.8 Å². The third-order valence-electron chi connectivity index (χ3n) is 4.45. The molecule has 0 radical (unpaired) electrons. The number of carbonyl (C=O) groups excluding carboxylic acids is 1. The van der Waals surface area contributed by atoms with Crippen molar-refractivity contribution in [2.24, 2.45) is 4.99 Å². The first kappa shape index (κ1) is 21.7. The number of thioether (sulfide) groups is 1. The van der Waals surface area contributed by atoms with Gasteiger partial charge in [0.2, 0.25) is 0 Å². The molecule has 0 unspecified atom stereocenters. The second-order valence-corrected chi connectivity index (χ2v) is 7.52. The van der Waals surface area contributed by atoms with Gasteiger partial charge >= 0.3 is 0 Å². The molecule has 1 heterocycles. The minimum absolute atomic E-state index is 0.0815. The fourth-order valence-corrected chi connectivity index (χ4v) is 4.00. The van der Waals surface area contributed by atoms with Gasteiger partial charge in [-0.3, -0.25) is 9.69 Å². The minimum atomic E-state index is -0.135. The maximum absolute atomic E-state index is 13.1. The monoisotopic (exact) mass is 424 g/mol. The van der Waals surface area contributed by atoms with E-state index in [0.29, 0.717) is 41.0 Å². The van der Waals surface area contributed by atoms with E-state index in [1.165, 1.54) is 18.9 Å². The molecule has 7 heteroatoms. The molecule has 30 heavy (non-hydrogen) atoms. The SMILES string of the molecule is C=CCc1cc(/C=C2/SC(=Nc3ccccc3)N(CCOC)C2=O)cc(OC)c1O. The fourth-order valence-electron chi connectivity index (χ4n) is 2.97. The Hall–Kier alpha value is -3.03. The number of aliphatic imine (C=N–C) groups is 1. The Morgan fingerprint density at radius 3 is 2.67 bits per heavy atom. The molecule has 1 amide bonds. The van der Waals surface area contributed by atoms with Gasteiger partial charge < -0.3 is 14.6 Å². The van der Waals surface area contributed by atoms with Gasteiger partial charge in [0, 0.05) is 12.7 Å². The van der Waals surface area contributed by atoms with Gasteiger partial charge in [0.1, 0.15) is 0 Å². The molecular formula is C23H24N2O4S. The molecule has 3 rings (SSSR count). The van der Waals surface area contributed by atoms with Gasteiger partial charge in [-0.15, -0.1) is 6.58 Å². The normalized spacial score (nSPS) is 16.5. The van der Waals surface area contributed by atoms with Crippen molar-refractivity contribution >= 4 is 34.6 Å². The number of carbonyl (C=O) groups is 1. The summed E-state index contributed by atoms with van der Waals surface area (Å²) < 4.78 is 10.4. The number of phenols is 1. The standard InChI is InChI=1S/C23H24N2O4S/c1-4-8-17-13-16(14-19(29-3)21(17)26)15-20-22(27)25(11-12-28-2)23(30-20)24-18-9-6-5-7-10-18/h4-7,9-10,13-15,26H,1,8,11-12H2,2-3H3/b20-15+,24-23?. The van der Waals surface area contributed by atoms with Crippen molar-refractivity contribution in [2.75, 3.05) is 27.4 Å². The van der Waals surface area contributed by atoms with Gasteiger partial charge in [0.25, 0.3) is 5.91 Å². The molecule has 2 aromatic carbocycles. The molecule has 1 aliphatic rings. The van der Waals surface area contributed by atoms with Crippen molar-refractivity contribution < 1.29 is 19.4 Å². The maximum Gasteiger partial charge on any atom is 0.266 e. The molecule has 0 bridgehead atoms. The topological polar surface area (TPSA) is 71.4 Å². The van der Waals surface area contributed by atoms with Gasteiger partial charge in [-0.2, -0.15) is 0 Å². The summed E-state index contributed by atoms with van der Waals surface area (Å²) in [4.78, 5) is 19.9. The first-order valence-corrected chi connectivity index (χ1v) is 10.2. The van der Waals surface area contributed by atoms with E-state index in [4.69, 9.17) is 9.47 Å². The Kier molecular flexibility index (Phi) is 7.32. The number of hydrogen-bond acceptors (Lipinski definition) is 6. The summed E-state index contributed by atoms with van der Waals surface area (Å²) in [6, 6.07) is 13.0. The number of ether oxygens (including phenoxy) is 2. The smallest absolute Gasteiger partial charge is 0.266 e. The van der Waals surface area contributed by atoms with Gasteiger partial charge in [-0.25, -0.2) is 4.99 Å². The Morgan fingerprint density at radius 2 is 2.00 bits per heavy atom. The van der Waals surface area contributed by atoms with Crippen LogP contribution in [0.5, 0.6) is 11.5 Å². The molecule has 1 N–H and O–H groups in total. The zero-order valence-electron chi connectivity index (χ0n) is 17.0. The quantitative estimate of drug-likeness (QED) is 0.503. The van der Waals surface area contributed by atoms with E-state index in [2.05, 4.69) is 11.6 Å². The van der Waals surface area contributed by atoms with Crippen molar-refractivity contribution in [1.29, 1.82) is 0 Å². The Bertz CT molecular complexity index is 986. The van der Waals surface area contributed by atoms with Crippen LogP contribution in [0.25, 0.3) is 6.08 Å². The van der Waals surface area contributed by atoms with E-state index in [9.17, 15) is 9.90 Å². The van der Waals surface area contributed by atoms with Crippen molar-refractivity contribution in [3.05, 3.63) is 71.2 Å². The van der Waals surface area contributed by atoms with Crippen LogP contribution in [0, 0.1) is 0 Å². The lowest BCUT2D eigenvalue weighted by molar-refractivity contribution is -0.122. The number of benzene rings is 2. The number of amidine groups is 1. The first-order valence-electron chi connectivity index (χ1n) is 9.42. The minimum Gasteiger partial charge on any atom is -0.504 e. The summed E-state index contributed by atoms with van der Waals surface area (Å²) in [7, 11) is 3.10. The number of hydrogen-bond donors (Lipinski definition) is 1. The summed E-state index contributed by atoms with van der Waals surface area (Å²) in [5.74, 6) is 0.299. The summed E-state index contributed by atoms with van der Waals surface area (Å²) in [6.45, 7) is 4.54.